The van der Waals surface area contributed by atoms with Crippen LogP contribution in [0.2, 0.25) is 0 Å². The van der Waals surface area contributed by atoms with Gasteiger partial charge in [0.1, 0.15) is 0 Å². The lowest BCUT2D eigenvalue weighted by Crippen LogP contribution is -2.36. The third-order valence-electron chi connectivity index (χ3n) is 3.61. The Bertz CT molecular complexity index is 715. The molecule has 1 amide bonds. The number of hydrogen-bond acceptors (Lipinski definition) is 4. The zero-order chi connectivity index (χ0) is 16.4. The van der Waals surface area contributed by atoms with E-state index in [0.717, 1.165) is 32.9 Å². The summed E-state index contributed by atoms with van der Waals surface area (Å²) in [5.41, 5.74) is 1.78. The van der Waals surface area contributed by atoms with E-state index in [1.807, 2.05) is 55.5 Å². The van der Waals surface area contributed by atoms with Crippen molar-refractivity contribution in [1.29, 1.82) is 0 Å². The molecule has 1 aliphatic rings. The second-order valence-corrected chi connectivity index (χ2v) is 7.68. The molecule has 1 atom stereocenters. The lowest BCUT2D eigenvalue weighted by atomic mass is 10.2. The number of anilines is 2. The number of fused-ring (bicyclic) bond motifs is 2. The first kappa shape index (κ1) is 16.1. The number of amides is 1. The van der Waals surface area contributed by atoms with Gasteiger partial charge in [0.05, 0.1) is 16.6 Å². The monoisotopic (exact) mass is 343 g/mol. The number of nitrogens with zero attached hydrogens (tertiary/aromatic N) is 1. The van der Waals surface area contributed by atoms with Gasteiger partial charge in [0.15, 0.2) is 5.12 Å². The van der Waals surface area contributed by atoms with E-state index in [4.69, 9.17) is 0 Å². The molecule has 0 spiro atoms. The molecule has 23 heavy (non-hydrogen) atoms. The zero-order valence-electron chi connectivity index (χ0n) is 13.0. The predicted molar refractivity (Wildman–Crippen MR) is 96.5 cm³/mol. The van der Waals surface area contributed by atoms with Crippen molar-refractivity contribution < 1.29 is 9.59 Å². The maximum Gasteiger partial charge on any atom is 0.245 e. The minimum atomic E-state index is -0.364. The Morgan fingerprint density at radius 2 is 1.57 bits per heavy atom. The van der Waals surface area contributed by atoms with E-state index in [1.165, 1.54) is 6.92 Å². The highest BCUT2D eigenvalue weighted by atomic mass is 32.2. The molecular weight excluding hydrogens is 326 g/mol. The molecule has 0 radical (unpaired) electrons. The van der Waals surface area contributed by atoms with Gasteiger partial charge in [-0.05, 0) is 30.7 Å². The molecular formula is C18H17NO2S2. The summed E-state index contributed by atoms with van der Waals surface area (Å²) in [6.07, 6.45) is 0.622. The molecule has 0 saturated heterocycles. The fraction of sp³-hybridized carbons (Fsp3) is 0.222. The summed E-state index contributed by atoms with van der Waals surface area (Å²) in [4.78, 5) is 28.5. The van der Waals surface area contributed by atoms with E-state index in [0.29, 0.717) is 6.42 Å². The Morgan fingerprint density at radius 1 is 1.04 bits per heavy atom. The van der Waals surface area contributed by atoms with Crippen LogP contribution in [0.25, 0.3) is 0 Å². The zero-order valence-corrected chi connectivity index (χ0v) is 14.6. The van der Waals surface area contributed by atoms with Gasteiger partial charge in [0, 0.05) is 16.7 Å². The van der Waals surface area contributed by atoms with Crippen LogP contribution in [0.15, 0.2) is 58.3 Å². The van der Waals surface area contributed by atoms with Gasteiger partial charge >= 0.3 is 0 Å². The number of hydrogen-bond donors (Lipinski definition) is 0. The second kappa shape index (κ2) is 6.81. The van der Waals surface area contributed by atoms with Gasteiger partial charge in [-0.2, -0.15) is 0 Å². The van der Waals surface area contributed by atoms with Crippen LogP contribution in [-0.4, -0.2) is 16.3 Å². The van der Waals surface area contributed by atoms with Crippen LogP contribution in [0.3, 0.4) is 0 Å². The number of para-hydroxylation sites is 2. The lowest BCUT2D eigenvalue weighted by molar-refractivity contribution is -0.118. The van der Waals surface area contributed by atoms with Gasteiger partial charge in [-0.1, -0.05) is 54.7 Å². The molecule has 2 aromatic rings. The summed E-state index contributed by atoms with van der Waals surface area (Å²) >= 11 is 2.78. The minimum absolute atomic E-state index is 0.0295. The quantitative estimate of drug-likeness (QED) is 0.796. The topological polar surface area (TPSA) is 37.4 Å². The molecule has 0 aromatic heterocycles. The molecule has 0 N–H and O–H groups in total. The molecule has 5 heteroatoms. The van der Waals surface area contributed by atoms with Crippen molar-refractivity contribution in [3.8, 4) is 0 Å². The van der Waals surface area contributed by atoms with Crippen LogP contribution >= 0.6 is 23.5 Å². The summed E-state index contributed by atoms with van der Waals surface area (Å²) in [5, 5.41) is -0.394. The summed E-state index contributed by atoms with van der Waals surface area (Å²) in [6, 6.07) is 15.8. The Balaban J connectivity index is 2.07. The van der Waals surface area contributed by atoms with E-state index in [9.17, 15) is 9.59 Å². The second-order valence-electron chi connectivity index (χ2n) is 5.22. The van der Waals surface area contributed by atoms with E-state index in [-0.39, 0.29) is 16.3 Å². The van der Waals surface area contributed by atoms with Gasteiger partial charge in [0.2, 0.25) is 5.91 Å². The Hall–Kier alpha value is -1.72. The third-order valence-corrected chi connectivity index (χ3v) is 5.89. The first-order chi connectivity index (χ1) is 11.1. The number of carbonyl (C=O) groups excluding carboxylic acids is 2. The van der Waals surface area contributed by atoms with Crippen molar-refractivity contribution in [3.05, 3.63) is 48.5 Å². The maximum absolute atomic E-state index is 13.1. The minimum Gasteiger partial charge on any atom is -0.288 e. The van der Waals surface area contributed by atoms with Gasteiger partial charge in [-0.25, -0.2) is 0 Å². The fourth-order valence-corrected chi connectivity index (χ4v) is 4.43. The molecule has 2 aromatic carbocycles. The van der Waals surface area contributed by atoms with Crippen molar-refractivity contribution in [2.75, 3.05) is 4.90 Å². The standard InChI is InChI=1S/C18H17NO2S2/c1-3-15(22-12(2)20)18(21)19-13-8-4-6-10-16(13)23-17-11-7-5-9-14(17)19/h4-11,15H,3H2,1-2H3. The molecule has 118 valence electrons. The largest absolute Gasteiger partial charge is 0.288 e. The Labute approximate surface area is 144 Å². The van der Waals surface area contributed by atoms with Gasteiger partial charge in [0.25, 0.3) is 0 Å². The van der Waals surface area contributed by atoms with Crippen LogP contribution in [0, 0.1) is 0 Å². The summed E-state index contributed by atoms with van der Waals surface area (Å²) < 4.78 is 0. The highest BCUT2D eigenvalue weighted by molar-refractivity contribution is 8.14. The van der Waals surface area contributed by atoms with Crippen molar-refractivity contribution in [3.63, 3.8) is 0 Å². The summed E-state index contributed by atoms with van der Waals surface area (Å²) in [7, 11) is 0. The van der Waals surface area contributed by atoms with Crippen molar-refractivity contribution in [2.24, 2.45) is 0 Å². The number of rotatable bonds is 3. The molecule has 1 heterocycles. The van der Waals surface area contributed by atoms with E-state index < -0.39 is 0 Å². The number of carbonyl (C=O) groups is 2. The van der Waals surface area contributed by atoms with Crippen molar-refractivity contribution >= 4 is 45.9 Å². The number of benzene rings is 2. The van der Waals surface area contributed by atoms with E-state index >= 15 is 0 Å². The molecule has 3 nitrogen and oxygen atoms in total. The van der Waals surface area contributed by atoms with Gasteiger partial charge in [-0.3, -0.25) is 14.5 Å². The smallest absolute Gasteiger partial charge is 0.245 e. The normalized spacial score (nSPS) is 13.9. The summed E-state index contributed by atoms with van der Waals surface area (Å²) in [6.45, 7) is 3.45. The number of thioether (sulfide) groups is 1. The molecule has 1 unspecified atom stereocenters. The molecule has 0 bridgehead atoms. The average Bonchev–Trinajstić information content (AvgIpc) is 2.56. The SMILES string of the molecule is CCC(SC(C)=O)C(=O)N1c2ccccc2Sc2ccccc21. The highest BCUT2D eigenvalue weighted by Gasteiger charge is 2.32. The van der Waals surface area contributed by atoms with Crippen LogP contribution in [0.1, 0.15) is 20.3 Å². The van der Waals surface area contributed by atoms with Crippen LogP contribution < -0.4 is 4.90 Å². The molecule has 0 fully saturated rings. The first-order valence-corrected chi connectivity index (χ1v) is 9.18. The fourth-order valence-electron chi connectivity index (χ4n) is 2.59. The first-order valence-electron chi connectivity index (χ1n) is 7.49. The summed E-state index contributed by atoms with van der Waals surface area (Å²) in [5.74, 6) is -0.0344. The highest BCUT2D eigenvalue weighted by Crippen LogP contribution is 2.48. The molecule has 1 aliphatic heterocycles. The molecule has 0 saturated carbocycles. The molecule has 3 rings (SSSR count). The van der Waals surface area contributed by atoms with Gasteiger partial charge < -0.3 is 0 Å². The Kier molecular flexibility index (Phi) is 4.78. The van der Waals surface area contributed by atoms with Crippen molar-refractivity contribution in [1.82, 2.24) is 0 Å². The lowest BCUT2D eigenvalue weighted by Gasteiger charge is -2.33. The maximum atomic E-state index is 13.1. The van der Waals surface area contributed by atoms with Crippen LogP contribution in [0.5, 0.6) is 0 Å². The van der Waals surface area contributed by atoms with E-state index in [1.54, 1.807) is 16.7 Å². The third kappa shape index (κ3) is 3.16. The van der Waals surface area contributed by atoms with Crippen LogP contribution in [-0.2, 0) is 9.59 Å². The Morgan fingerprint density at radius 3 is 2.04 bits per heavy atom. The van der Waals surface area contributed by atoms with Crippen molar-refractivity contribution in [2.45, 2.75) is 35.3 Å². The average molecular weight is 343 g/mol. The van der Waals surface area contributed by atoms with Gasteiger partial charge in [-0.15, -0.1) is 0 Å². The van der Waals surface area contributed by atoms with E-state index in [2.05, 4.69) is 0 Å². The predicted octanol–water partition coefficient (Wildman–Crippen LogP) is 4.87. The van der Waals surface area contributed by atoms with Crippen LogP contribution in [0.4, 0.5) is 11.4 Å². The molecule has 0 aliphatic carbocycles.